The van der Waals surface area contributed by atoms with E-state index in [0.29, 0.717) is 12.5 Å². The molecule has 2 aliphatic rings. The number of phenolic OH excluding ortho intramolecular Hbond substituents is 1. The third-order valence-electron chi connectivity index (χ3n) is 5.91. The average molecular weight is 382 g/mol. The lowest BCUT2D eigenvalue weighted by molar-refractivity contribution is 0.251. The zero-order valence-corrected chi connectivity index (χ0v) is 16.5. The normalized spacial score (nSPS) is 20.0. The number of ether oxygens (including phenoxy) is 1. The van der Waals surface area contributed by atoms with Crippen LogP contribution >= 0.6 is 11.3 Å². The predicted molar refractivity (Wildman–Crippen MR) is 108 cm³/mol. The summed E-state index contributed by atoms with van der Waals surface area (Å²) in [6.07, 6.45) is 3.18. The number of fused-ring (bicyclic) bond motifs is 2. The smallest absolute Gasteiger partial charge is 0.132 e. The van der Waals surface area contributed by atoms with Gasteiger partial charge in [0.25, 0.3) is 0 Å². The molecule has 2 aromatic heterocycles. The Hall–Kier alpha value is -2.18. The minimum Gasteiger partial charge on any atom is -0.507 e. The number of aryl methyl sites for hydroxylation is 1. The number of hydrogen-bond donors (Lipinski definition) is 1. The zero-order valence-electron chi connectivity index (χ0n) is 15.7. The van der Waals surface area contributed by atoms with E-state index in [1.165, 1.54) is 29.6 Å². The molecule has 1 atom stereocenters. The van der Waals surface area contributed by atoms with Gasteiger partial charge in [-0.3, -0.25) is 0 Å². The van der Waals surface area contributed by atoms with Gasteiger partial charge in [-0.15, -0.1) is 21.5 Å². The van der Waals surface area contributed by atoms with Crippen molar-refractivity contribution in [3.8, 4) is 22.8 Å². The summed E-state index contributed by atoms with van der Waals surface area (Å²) in [5.41, 5.74) is 5.85. The molecule has 1 N–H and O–H groups in total. The van der Waals surface area contributed by atoms with E-state index < -0.39 is 0 Å². The number of likely N-dealkylation sites (N-methyl/N-ethyl adjacent to an activating group) is 1. The van der Waals surface area contributed by atoms with E-state index in [1.54, 1.807) is 11.3 Å². The number of hydrogen-bond acceptors (Lipinski definition) is 6. The number of phenols is 1. The number of benzene rings is 1. The number of likely N-dealkylation sites (tertiary alicyclic amines) is 1. The van der Waals surface area contributed by atoms with Crippen molar-refractivity contribution in [3.05, 3.63) is 34.2 Å². The maximum absolute atomic E-state index is 10.7. The van der Waals surface area contributed by atoms with Gasteiger partial charge in [-0.2, -0.15) is 0 Å². The lowest BCUT2D eigenvalue weighted by Gasteiger charge is -2.29. The van der Waals surface area contributed by atoms with Crippen molar-refractivity contribution in [3.63, 3.8) is 0 Å². The summed E-state index contributed by atoms with van der Waals surface area (Å²) < 4.78 is 6.73. The van der Waals surface area contributed by atoms with Crippen LogP contribution in [0.15, 0.2) is 17.5 Å². The Kier molecular flexibility index (Phi) is 4.06. The van der Waals surface area contributed by atoms with Gasteiger partial charge in [0.15, 0.2) is 0 Å². The summed E-state index contributed by atoms with van der Waals surface area (Å²) in [5.74, 6) is 1.60. The maximum Gasteiger partial charge on any atom is 0.132 e. The third kappa shape index (κ3) is 2.70. The lowest BCUT2D eigenvalue weighted by atomic mass is 9.91. The largest absolute Gasteiger partial charge is 0.507 e. The van der Waals surface area contributed by atoms with Crippen molar-refractivity contribution in [1.29, 1.82) is 0 Å². The van der Waals surface area contributed by atoms with Crippen LogP contribution in [-0.2, 0) is 6.42 Å². The highest BCUT2D eigenvalue weighted by molar-refractivity contribution is 7.17. The minimum atomic E-state index is 0.285. The summed E-state index contributed by atoms with van der Waals surface area (Å²) in [5, 5.41) is 22.2. The molecule has 5 rings (SSSR count). The molecule has 0 aliphatic carbocycles. The second kappa shape index (κ2) is 6.46. The summed E-state index contributed by atoms with van der Waals surface area (Å²) in [6, 6.07) is 3.83. The maximum atomic E-state index is 10.7. The Morgan fingerprint density at radius 2 is 2.19 bits per heavy atom. The Labute approximate surface area is 162 Å². The highest BCUT2D eigenvalue weighted by Gasteiger charge is 2.25. The molecule has 1 aromatic carbocycles. The standard InChI is InChI=1S/C21H23N3O2S/c1-12-18(15-5-6-17-14(20(15)25)7-9-26-17)22-23-19-16(11-27-21(12)19)13-4-3-8-24(2)10-13/h5-6,11,13,25H,3-4,7-10H2,1-2H3. The number of piperidine rings is 1. The van der Waals surface area contributed by atoms with Gasteiger partial charge < -0.3 is 14.7 Å². The van der Waals surface area contributed by atoms with Gasteiger partial charge in [-0.1, -0.05) is 0 Å². The van der Waals surface area contributed by atoms with Gasteiger partial charge in [-0.05, 0) is 67.9 Å². The SMILES string of the molecule is Cc1c(-c2ccc3c(c2O)CCO3)nnc2c(C3CCCN(C)C3)csc12. The summed E-state index contributed by atoms with van der Waals surface area (Å²) in [6.45, 7) is 4.97. The van der Waals surface area contributed by atoms with E-state index in [2.05, 4.69) is 34.4 Å². The molecule has 3 aromatic rings. The van der Waals surface area contributed by atoms with Crippen LogP contribution in [0.2, 0.25) is 0 Å². The number of aromatic hydroxyl groups is 1. The molecule has 4 heterocycles. The van der Waals surface area contributed by atoms with Gasteiger partial charge in [0.2, 0.25) is 0 Å². The highest BCUT2D eigenvalue weighted by atomic mass is 32.1. The second-order valence-corrected chi connectivity index (χ2v) is 8.56. The summed E-state index contributed by atoms with van der Waals surface area (Å²) in [4.78, 5) is 2.40. The van der Waals surface area contributed by atoms with E-state index >= 15 is 0 Å². The molecular formula is C21H23N3O2S. The van der Waals surface area contributed by atoms with Crippen molar-refractivity contribution in [2.45, 2.75) is 32.1 Å². The van der Waals surface area contributed by atoms with E-state index in [9.17, 15) is 5.11 Å². The van der Waals surface area contributed by atoms with Gasteiger partial charge in [0, 0.05) is 24.1 Å². The van der Waals surface area contributed by atoms with Gasteiger partial charge in [0.05, 0.1) is 11.3 Å². The Bertz CT molecular complexity index is 1030. The number of aromatic nitrogens is 2. The Morgan fingerprint density at radius 1 is 1.30 bits per heavy atom. The molecule has 27 heavy (non-hydrogen) atoms. The van der Waals surface area contributed by atoms with Crippen LogP contribution in [0.5, 0.6) is 11.5 Å². The molecule has 140 valence electrons. The molecule has 6 heteroatoms. The topological polar surface area (TPSA) is 58.5 Å². The van der Waals surface area contributed by atoms with Gasteiger partial charge >= 0.3 is 0 Å². The fourth-order valence-corrected chi connectivity index (χ4v) is 5.52. The molecule has 2 aliphatic heterocycles. The third-order valence-corrected chi connectivity index (χ3v) is 7.01. The van der Waals surface area contributed by atoms with E-state index in [4.69, 9.17) is 4.74 Å². The molecule has 0 spiro atoms. The molecule has 0 amide bonds. The van der Waals surface area contributed by atoms with Crippen molar-refractivity contribution in [2.75, 3.05) is 26.7 Å². The van der Waals surface area contributed by atoms with Crippen LogP contribution in [0.25, 0.3) is 21.5 Å². The molecule has 1 unspecified atom stereocenters. The lowest BCUT2D eigenvalue weighted by Crippen LogP contribution is -2.30. The first-order valence-corrected chi connectivity index (χ1v) is 10.4. The zero-order chi connectivity index (χ0) is 18.5. The summed E-state index contributed by atoms with van der Waals surface area (Å²) >= 11 is 1.75. The van der Waals surface area contributed by atoms with Crippen molar-refractivity contribution < 1.29 is 9.84 Å². The van der Waals surface area contributed by atoms with Crippen molar-refractivity contribution >= 4 is 21.6 Å². The van der Waals surface area contributed by atoms with E-state index in [1.807, 2.05) is 12.1 Å². The predicted octanol–water partition coefficient (Wildman–Crippen LogP) is 4.12. The van der Waals surface area contributed by atoms with Crippen LogP contribution in [0.4, 0.5) is 0 Å². The van der Waals surface area contributed by atoms with Crippen LogP contribution < -0.4 is 4.74 Å². The van der Waals surface area contributed by atoms with E-state index in [-0.39, 0.29) is 5.75 Å². The van der Waals surface area contributed by atoms with Crippen LogP contribution in [0.3, 0.4) is 0 Å². The quantitative estimate of drug-likeness (QED) is 0.724. The molecule has 1 fully saturated rings. The second-order valence-electron chi connectivity index (χ2n) is 7.68. The molecule has 5 nitrogen and oxygen atoms in total. The number of thiophene rings is 1. The first-order valence-electron chi connectivity index (χ1n) is 9.54. The molecule has 0 bridgehead atoms. The number of nitrogens with zero attached hydrogens (tertiary/aromatic N) is 3. The molecule has 1 saturated heterocycles. The molecule has 0 saturated carbocycles. The molecule has 0 radical (unpaired) electrons. The van der Waals surface area contributed by atoms with Crippen LogP contribution in [0, 0.1) is 6.92 Å². The summed E-state index contributed by atoms with van der Waals surface area (Å²) in [7, 11) is 2.19. The molecular weight excluding hydrogens is 358 g/mol. The average Bonchev–Trinajstić information content (AvgIpc) is 3.30. The van der Waals surface area contributed by atoms with Crippen molar-refractivity contribution in [2.24, 2.45) is 0 Å². The van der Waals surface area contributed by atoms with Gasteiger partial charge in [0.1, 0.15) is 22.7 Å². The number of rotatable bonds is 2. The Morgan fingerprint density at radius 3 is 3.04 bits per heavy atom. The fraction of sp³-hybridized carbons (Fsp3) is 0.429. The van der Waals surface area contributed by atoms with Gasteiger partial charge in [-0.25, -0.2) is 0 Å². The first kappa shape index (κ1) is 17.0. The van der Waals surface area contributed by atoms with Crippen molar-refractivity contribution in [1.82, 2.24) is 15.1 Å². The monoisotopic (exact) mass is 381 g/mol. The first-order chi connectivity index (χ1) is 13.1. The highest BCUT2D eigenvalue weighted by Crippen LogP contribution is 2.43. The minimum absolute atomic E-state index is 0.285. The van der Waals surface area contributed by atoms with E-state index in [0.717, 1.165) is 46.6 Å². The van der Waals surface area contributed by atoms with Crippen LogP contribution in [0.1, 0.15) is 35.4 Å². The Balaban J connectivity index is 1.59. The van der Waals surface area contributed by atoms with Crippen LogP contribution in [-0.4, -0.2) is 46.9 Å². The fourth-order valence-electron chi connectivity index (χ4n) is 4.43.